The quantitative estimate of drug-likeness (QED) is 0.725. The minimum absolute atomic E-state index is 0.407. The van der Waals surface area contributed by atoms with E-state index in [1.54, 1.807) is 5.56 Å². The zero-order chi connectivity index (χ0) is 13.8. The molecule has 1 aromatic rings. The molecule has 20 heavy (non-hydrogen) atoms. The number of hydrogen-bond donors (Lipinski definition) is 0. The van der Waals surface area contributed by atoms with Crippen LogP contribution in [0.4, 0.5) is 0 Å². The summed E-state index contributed by atoms with van der Waals surface area (Å²) in [5.74, 6) is 0. The van der Waals surface area contributed by atoms with E-state index in [1.165, 1.54) is 51.5 Å². The number of benzene rings is 1. The number of hydrogen-bond acceptors (Lipinski definition) is 1. The van der Waals surface area contributed by atoms with Crippen molar-refractivity contribution in [3.63, 3.8) is 0 Å². The molecule has 1 heterocycles. The average Bonchev–Trinajstić information content (AvgIpc) is 3.00. The lowest BCUT2D eigenvalue weighted by atomic mass is 9.69. The summed E-state index contributed by atoms with van der Waals surface area (Å²) in [5.41, 5.74) is 1.99. The maximum Gasteiger partial charge on any atom is 0.0195 e. The van der Waals surface area contributed by atoms with Crippen LogP contribution in [-0.4, -0.2) is 24.0 Å². The van der Waals surface area contributed by atoms with Crippen LogP contribution >= 0.6 is 0 Å². The van der Waals surface area contributed by atoms with Crippen molar-refractivity contribution in [2.45, 2.75) is 56.4 Å². The Labute approximate surface area is 123 Å². The molecule has 1 saturated carbocycles. The summed E-state index contributed by atoms with van der Waals surface area (Å²) >= 11 is 0. The van der Waals surface area contributed by atoms with Gasteiger partial charge in [0, 0.05) is 18.0 Å². The van der Waals surface area contributed by atoms with E-state index in [-0.39, 0.29) is 0 Å². The molecule has 1 aliphatic carbocycles. The highest BCUT2D eigenvalue weighted by atomic mass is 15.2. The van der Waals surface area contributed by atoms with Crippen LogP contribution in [0.2, 0.25) is 0 Å². The van der Waals surface area contributed by atoms with Crippen molar-refractivity contribution in [2.24, 2.45) is 0 Å². The van der Waals surface area contributed by atoms with Gasteiger partial charge in [-0.25, -0.2) is 0 Å². The first-order chi connectivity index (χ1) is 9.87. The molecule has 1 unspecified atom stereocenters. The summed E-state index contributed by atoms with van der Waals surface area (Å²) in [4.78, 5) is 2.70. The van der Waals surface area contributed by atoms with Gasteiger partial charge in [-0.05, 0) is 37.8 Å². The van der Waals surface area contributed by atoms with E-state index in [9.17, 15) is 0 Å². The SMILES string of the molecule is C=CCN1CCCCC1C1(c2ccccc2)CCCC1. The van der Waals surface area contributed by atoms with Crippen LogP contribution in [0.25, 0.3) is 0 Å². The fourth-order valence-corrected chi connectivity index (χ4v) is 4.59. The summed E-state index contributed by atoms with van der Waals surface area (Å²) in [6.45, 7) is 6.28. The van der Waals surface area contributed by atoms with Crippen molar-refractivity contribution in [3.05, 3.63) is 48.6 Å². The molecule has 3 rings (SSSR count). The van der Waals surface area contributed by atoms with E-state index < -0.39 is 0 Å². The van der Waals surface area contributed by atoms with Crippen LogP contribution in [0.15, 0.2) is 43.0 Å². The predicted molar refractivity (Wildman–Crippen MR) is 86.0 cm³/mol. The van der Waals surface area contributed by atoms with E-state index in [1.807, 2.05) is 0 Å². The van der Waals surface area contributed by atoms with Gasteiger partial charge in [-0.1, -0.05) is 55.7 Å². The number of likely N-dealkylation sites (tertiary alicyclic amines) is 1. The summed E-state index contributed by atoms with van der Waals surface area (Å²) in [5, 5.41) is 0. The number of nitrogens with zero attached hydrogens (tertiary/aromatic N) is 1. The van der Waals surface area contributed by atoms with Gasteiger partial charge in [0.05, 0.1) is 0 Å². The zero-order valence-electron chi connectivity index (χ0n) is 12.6. The number of piperidine rings is 1. The second-order valence-electron chi connectivity index (χ2n) is 6.52. The molecule has 1 nitrogen and oxygen atoms in total. The van der Waals surface area contributed by atoms with E-state index in [2.05, 4.69) is 47.9 Å². The van der Waals surface area contributed by atoms with Crippen LogP contribution < -0.4 is 0 Å². The second kappa shape index (κ2) is 6.13. The Hall–Kier alpha value is -1.08. The molecule has 0 radical (unpaired) electrons. The molecule has 1 aliphatic heterocycles. The molecular weight excluding hydrogens is 242 g/mol. The molecule has 0 aromatic heterocycles. The molecule has 2 aliphatic rings. The first-order valence-corrected chi connectivity index (χ1v) is 8.27. The van der Waals surface area contributed by atoms with Gasteiger partial charge in [0.2, 0.25) is 0 Å². The first-order valence-electron chi connectivity index (χ1n) is 8.27. The van der Waals surface area contributed by atoms with Gasteiger partial charge in [0.1, 0.15) is 0 Å². The van der Waals surface area contributed by atoms with Crippen LogP contribution in [0.1, 0.15) is 50.5 Å². The van der Waals surface area contributed by atoms with Crippen molar-refractivity contribution in [3.8, 4) is 0 Å². The largest absolute Gasteiger partial charge is 0.296 e. The summed E-state index contributed by atoms with van der Waals surface area (Å²) in [7, 11) is 0. The Kier molecular flexibility index (Phi) is 4.26. The van der Waals surface area contributed by atoms with Crippen molar-refractivity contribution < 1.29 is 0 Å². The van der Waals surface area contributed by atoms with Crippen LogP contribution in [0.5, 0.6) is 0 Å². The predicted octanol–water partition coefficient (Wildman–Crippen LogP) is 4.54. The summed E-state index contributed by atoms with van der Waals surface area (Å²) < 4.78 is 0. The van der Waals surface area contributed by atoms with E-state index >= 15 is 0 Å². The lowest BCUT2D eigenvalue weighted by Crippen LogP contribution is -2.51. The Bertz CT molecular complexity index is 430. The molecule has 2 fully saturated rings. The van der Waals surface area contributed by atoms with E-state index in [0.717, 1.165) is 12.6 Å². The standard InChI is InChI=1S/C19H27N/c1-2-15-20-16-9-6-12-18(20)19(13-7-8-14-19)17-10-4-3-5-11-17/h2-5,10-11,18H,1,6-9,12-16H2. The smallest absolute Gasteiger partial charge is 0.0195 e. The first kappa shape index (κ1) is 13.9. The van der Waals surface area contributed by atoms with Crippen molar-refractivity contribution >= 4 is 0 Å². The molecule has 1 atom stereocenters. The molecule has 1 heteroatoms. The molecule has 0 amide bonds. The Morgan fingerprint density at radius 3 is 2.55 bits per heavy atom. The zero-order valence-corrected chi connectivity index (χ0v) is 12.6. The molecule has 0 N–H and O–H groups in total. The molecule has 1 saturated heterocycles. The highest BCUT2D eigenvalue weighted by Crippen LogP contribution is 2.47. The van der Waals surface area contributed by atoms with E-state index in [4.69, 9.17) is 0 Å². The monoisotopic (exact) mass is 269 g/mol. The maximum absolute atomic E-state index is 3.97. The van der Waals surface area contributed by atoms with E-state index in [0.29, 0.717) is 5.41 Å². The lowest BCUT2D eigenvalue weighted by Gasteiger charge is -2.47. The topological polar surface area (TPSA) is 3.24 Å². The average molecular weight is 269 g/mol. The van der Waals surface area contributed by atoms with Gasteiger partial charge in [-0.3, -0.25) is 4.90 Å². The maximum atomic E-state index is 3.97. The summed E-state index contributed by atoms with van der Waals surface area (Å²) in [6.07, 6.45) is 11.7. The summed E-state index contributed by atoms with van der Waals surface area (Å²) in [6, 6.07) is 12.0. The third-order valence-corrected chi connectivity index (χ3v) is 5.46. The van der Waals surface area contributed by atoms with Gasteiger partial charge in [-0.2, -0.15) is 0 Å². The van der Waals surface area contributed by atoms with Crippen LogP contribution in [-0.2, 0) is 5.41 Å². The fourth-order valence-electron chi connectivity index (χ4n) is 4.59. The molecular formula is C19H27N. The molecule has 0 bridgehead atoms. The van der Waals surface area contributed by atoms with Crippen molar-refractivity contribution in [2.75, 3.05) is 13.1 Å². The molecule has 108 valence electrons. The van der Waals surface area contributed by atoms with Crippen molar-refractivity contribution in [1.29, 1.82) is 0 Å². The Balaban J connectivity index is 1.94. The molecule has 1 aromatic carbocycles. The van der Waals surface area contributed by atoms with Gasteiger partial charge >= 0.3 is 0 Å². The second-order valence-corrected chi connectivity index (χ2v) is 6.52. The molecule has 0 spiro atoms. The highest BCUT2D eigenvalue weighted by Gasteiger charge is 2.45. The van der Waals surface area contributed by atoms with Gasteiger partial charge in [0.25, 0.3) is 0 Å². The van der Waals surface area contributed by atoms with Gasteiger partial charge in [-0.15, -0.1) is 6.58 Å². The Morgan fingerprint density at radius 1 is 1.10 bits per heavy atom. The third kappa shape index (κ3) is 2.44. The minimum Gasteiger partial charge on any atom is -0.296 e. The fraction of sp³-hybridized carbons (Fsp3) is 0.579. The Morgan fingerprint density at radius 2 is 1.85 bits per heavy atom. The van der Waals surface area contributed by atoms with Crippen molar-refractivity contribution in [1.82, 2.24) is 4.90 Å². The van der Waals surface area contributed by atoms with Gasteiger partial charge < -0.3 is 0 Å². The number of rotatable bonds is 4. The van der Waals surface area contributed by atoms with Crippen LogP contribution in [0.3, 0.4) is 0 Å². The van der Waals surface area contributed by atoms with Crippen LogP contribution in [0, 0.1) is 0 Å². The third-order valence-electron chi connectivity index (χ3n) is 5.46. The lowest BCUT2D eigenvalue weighted by molar-refractivity contribution is 0.0907. The highest BCUT2D eigenvalue weighted by molar-refractivity contribution is 5.29. The van der Waals surface area contributed by atoms with Gasteiger partial charge in [0.15, 0.2) is 0 Å². The minimum atomic E-state index is 0.407. The normalized spacial score (nSPS) is 26.5.